The molecule has 3 fully saturated rings. The van der Waals surface area contributed by atoms with E-state index >= 15 is 0 Å². The molecule has 3 saturated carbocycles. The van der Waals surface area contributed by atoms with Gasteiger partial charge in [-0.1, -0.05) is 18.2 Å². The number of pyridine rings is 1. The van der Waals surface area contributed by atoms with Gasteiger partial charge >= 0.3 is 0 Å². The van der Waals surface area contributed by atoms with E-state index in [1.54, 1.807) is 30.1 Å². The fraction of sp³-hybridized carbons (Fsp3) is 0.367. The lowest BCUT2D eigenvalue weighted by Gasteiger charge is -2.23. The number of ketones is 1. The van der Waals surface area contributed by atoms with Gasteiger partial charge in [0.15, 0.2) is 17.0 Å². The van der Waals surface area contributed by atoms with Crippen LogP contribution in [0.3, 0.4) is 0 Å². The molecule has 3 aliphatic rings. The van der Waals surface area contributed by atoms with Crippen LogP contribution in [0.4, 0.5) is 10.2 Å². The van der Waals surface area contributed by atoms with Crippen LogP contribution in [0.2, 0.25) is 0 Å². The topological polar surface area (TPSA) is 126 Å². The molecule has 0 radical (unpaired) electrons. The van der Waals surface area contributed by atoms with Gasteiger partial charge in [0.2, 0.25) is 5.82 Å². The zero-order valence-electron chi connectivity index (χ0n) is 21.9. The Morgan fingerprint density at radius 2 is 2.02 bits per heavy atom. The summed E-state index contributed by atoms with van der Waals surface area (Å²) in [5.41, 5.74) is 2.27. The van der Waals surface area contributed by atoms with Crippen molar-refractivity contribution in [1.82, 2.24) is 24.5 Å². The number of aliphatic hydroxyl groups excluding tert-OH is 2. The van der Waals surface area contributed by atoms with Gasteiger partial charge < -0.3 is 20.1 Å². The van der Waals surface area contributed by atoms with Crippen LogP contribution in [0.25, 0.3) is 11.2 Å². The fourth-order valence-electron chi connectivity index (χ4n) is 6.42. The minimum absolute atomic E-state index is 0.0670. The number of aliphatic hydroxyl groups is 2. The summed E-state index contributed by atoms with van der Waals surface area (Å²) in [5.74, 6) is 6.38. The normalized spacial score (nSPS) is 29.9. The second kappa shape index (κ2) is 8.91. The summed E-state index contributed by atoms with van der Waals surface area (Å²) in [4.78, 5) is 30.6. The molecule has 3 heterocycles. The van der Waals surface area contributed by atoms with E-state index in [2.05, 4.69) is 32.1 Å². The molecule has 7 rings (SSSR count). The smallest absolute Gasteiger partial charge is 0.209 e. The lowest BCUT2D eigenvalue weighted by Crippen LogP contribution is -2.36. The molecular weight excluding hydrogens is 511 g/mol. The SMILES string of the molecule is CC(=O)[C@@]12CC1[C@@H](n1cnc3c(NC4C[C@H]4c4ccc(F)c(C)c4)nc(C#Cc4ccccn4)nc31)[C@H](O)C2O. The van der Waals surface area contributed by atoms with Gasteiger partial charge in [0.25, 0.3) is 0 Å². The second-order valence-electron chi connectivity index (χ2n) is 11.1. The quantitative estimate of drug-likeness (QED) is 0.331. The third-order valence-electron chi connectivity index (χ3n) is 8.76. The standard InChI is InChI=1S/C30H27FN6O3/c1-15-11-17(6-8-21(15)31)19-12-22(19)34-28-24-29(36-23(35-28)9-7-18-5-3-4-10-32-18)37(14-33-24)25-20-13-30(20,16(2)38)27(40)26(25)39/h3-6,8,10-11,14,19-20,22,25-27,39-40H,12-13H2,1-2H3,(H,34,35,36)/t19-,20?,22?,25+,26-,27?,30-/m0/s1. The molecule has 7 atom stereocenters. The van der Waals surface area contributed by atoms with E-state index in [9.17, 15) is 19.4 Å². The van der Waals surface area contributed by atoms with E-state index in [0.717, 1.165) is 12.0 Å². The van der Waals surface area contributed by atoms with Gasteiger partial charge in [-0.3, -0.25) is 4.79 Å². The Morgan fingerprint density at radius 1 is 1.18 bits per heavy atom. The molecule has 10 heteroatoms. The molecule has 0 amide bonds. The van der Waals surface area contributed by atoms with Crippen molar-refractivity contribution >= 4 is 22.8 Å². The molecule has 3 aliphatic carbocycles. The molecule has 9 nitrogen and oxygen atoms in total. The highest BCUT2D eigenvalue weighted by Gasteiger charge is 2.74. The Bertz CT molecular complexity index is 1730. The minimum atomic E-state index is -1.15. The van der Waals surface area contributed by atoms with Crippen molar-refractivity contribution in [2.24, 2.45) is 11.3 Å². The molecule has 0 bridgehead atoms. The van der Waals surface area contributed by atoms with Crippen molar-refractivity contribution in [3.8, 4) is 11.8 Å². The first kappa shape index (κ1) is 24.8. The number of benzene rings is 1. The molecule has 3 N–H and O–H groups in total. The highest BCUT2D eigenvalue weighted by Crippen LogP contribution is 2.68. The predicted octanol–water partition coefficient (Wildman–Crippen LogP) is 2.91. The monoisotopic (exact) mass is 538 g/mol. The predicted molar refractivity (Wildman–Crippen MR) is 144 cm³/mol. The Hall–Kier alpha value is -4.20. The molecule has 0 spiro atoms. The van der Waals surface area contributed by atoms with Gasteiger partial charge in [-0.05, 0) is 73.8 Å². The van der Waals surface area contributed by atoms with Gasteiger partial charge in [0, 0.05) is 18.2 Å². The number of aromatic nitrogens is 5. The summed E-state index contributed by atoms with van der Waals surface area (Å²) in [7, 11) is 0. The van der Waals surface area contributed by atoms with Gasteiger partial charge in [-0.2, -0.15) is 0 Å². The van der Waals surface area contributed by atoms with Gasteiger partial charge in [-0.25, -0.2) is 24.3 Å². The van der Waals surface area contributed by atoms with E-state index in [1.807, 2.05) is 24.3 Å². The Morgan fingerprint density at radius 3 is 2.75 bits per heavy atom. The van der Waals surface area contributed by atoms with Crippen LogP contribution in [0.5, 0.6) is 0 Å². The summed E-state index contributed by atoms with van der Waals surface area (Å²) in [6, 6.07) is 10.1. The Balaban J connectivity index is 1.27. The zero-order chi connectivity index (χ0) is 27.8. The number of fused-ring (bicyclic) bond motifs is 2. The molecule has 4 aromatic rings. The first-order valence-electron chi connectivity index (χ1n) is 13.4. The molecule has 3 unspecified atom stereocenters. The van der Waals surface area contributed by atoms with Crippen molar-refractivity contribution in [3.05, 3.63) is 77.4 Å². The van der Waals surface area contributed by atoms with Crippen molar-refractivity contribution in [1.29, 1.82) is 0 Å². The van der Waals surface area contributed by atoms with Crippen molar-refractivity contribution in [3.63, 3.8) is 0 Å². The number of hydrogen-bond acceptors (Lipinski definition) is 8. The largest absolute Gasteiger partial charge is 0.389 e. The summed E-state index contributed by atoms with van der Waals surface area (Å²) in [6.45, 7) is 3.22. The molecule has 0 saturated heterocycles. The zero-order valence-corrected chi connectivity index (χ0v) is 21.9. The average molecular weight is 539 g/mol. The Labute approximate surface area is 229 Å². The maximum atomic E-state index is 13.8. The van der Waals surface area contributed by atoms with Crippen molar-refractivity contribution in [2.75, 3.05) is 5.32 Å². The summed E-state index contributed by atoms with van der Waals surface area (Å²) < 4.78 is 15.6. The summed E-state index contributed by atoms with van der Waals surface area (Å²) in [5, 5.41) is 25.2. The van der Waals surface area contributed by atoms with Gasteiger partial charge in [0.1, 0.15) is 23.4 Å². The van der Waals surface area contributed by atoms with E-state index in [1.165, 1.54) is 13.0 Å². The first-order chi connectivity index (χ1) is 19.3. The number of nitrogens with zero attached hydrogens (tertiary/aromatic N) is 5. The highest BCUT2D eigenvalue weighted by molar-refractivity contribution is 5.88. The van der Waals surface area contributed by atoms with Crippen LogP contribution >= 0.6 is 0 Å². The van der Waals surface area contributed by atoms with E-state index in [0.29, 0.717) is 34.7 Å². The summed E-state index contributed by atoms with van der Waals surface area (Å²) in [6.07, 6.45) is 2.32. The van der Waals surface area contributed by atoms with Gasteiger partial charge in [0.05, 0.1) is 23.9 Å². The van der Waals surface area contributed by atoms with Crippen LogP contribution in [-0.2, 0) is 4.79 Å². The van der Waals surface area contributed by atoms with E-state index < -0.39 is 23.7 Å². The number of nitrogens with one attached hydrogen (secondary N) is 1. The number of Topliss-reactive ketones (excluding diaryl/α,β-unsaturated/α-hetero) is 1. The fourth-order valence-corrected chi connectivity index (χ4v) is 6.42. The molecular formula is C30H27FN6O3. The van der Waals surface area contributed by atoms with Crippen LogP contribution in [0.1, 0.15) is 54.4 Å². The van der Waals surface area contributed by atoms with E-state index in [4.69, 9.17) is 4.98 Å². The molecule has 0 aliphatic heterocycles. The lowest BCUT2D eigenvalue weighted by atomic mass is 9.95. The number of anilines is 1. The molecule has 1 aromatic carbocycles. The molecule has 3 aromatic heterocycles. The third kappa shape index (κ3) is 3.80. The number of halogens is 1. The molecule has 40 heavy (non-hydrogen) atoms. The minimum Gasteiger partial charge on any atom is -0.389 e. The number of hydrogen-bond donors (Lipinski definition) is 3. The highest BCUT2D eigenvalue weighted by atomic mass is 19.1. The lowest BCUT2D eigenvalue weighted by molar-refractivity contribution is -0.128. The van der Waals surface area contributed by atoms with Crippen LogP contribution in [-0.4, -0.2) is 58.7 Å². The first-order valence-corrected chi connectivity index (χ1v) is 13.4. The maximum Gasteiger partial charge on any atom is 0.209 e. The Kier molecular flexibility index (Phi) is 5.53. The number of aryl methyl sites for hydroxylation is 1. The van der Waals surface area contributed by atoms with Crippen LogP contribution < -0.4 is 5.32 Å². The van der Waals surface area contributed by atoms with Crippen LogP contribution in [0.15, 0.2) is 48.9 Å². The van der Waals surface area contributed by atoms with Crippen molar-refractivity contribution in [2.45, 2.75) is 56.9 Å². The maximum absolute atomic E-state index is 13.8. The van der Waals surface area contributed by atoms with Crippen molar-refractivity contribution < 1.29 is 19.4 Å². The molecule has 202 valence electrons. The van der Waals surface area contributed by atoms with Gasteiger partial charge in [-0.15, -0.1) is 0 Å². The number of carbonyl (C=O) groups is 1. The second-order valence-corrected chi connectivity index (χ2v) is 11.1. The number of carbonyl (C=O) groups excluding carboxylic acids is 1. The van der Waals surface area contributed by atoms with Crippen LogP contribution in [0, 0.1) is 35.9 Å². The average Bonchev–Trinajstić information content (AvgIpc) is 3.83. The number of imidazole rings is 1. The number of rotatable bonds is 5. The van der Waals surface area contributed by atoms with E-state index in [-0.39, 0.29) is 35.3 Å². The summed E-state index contributed by atoms with van der Waals surface area (Å²) >= 11 is 0. The third-order valence-corrected chi connectivity index (χ3v) is 8.76.